The Morgan fingerprint density at radius 3 is 2.47 bits per heavy atom. The first kappa shape index (κ1) is 12.7. The lowest BCUT2D eigenvalue weighted by molar-refractivity contribution is -0.154. The van der Waals surface area contributed by atoms with Gasteiger partial charge in [-0.25, -0.2) is 0 Å². The maximum absolute atomic E-state index is 12.2. The van der Waals surface area contributed by atoms with Gasteiger partial charge in [0.1, 0.15) is 5.60 Å². The summed E-state index contributed by atoms with van der Waals surface area (Å²) in [5, 5.41) is 9.82. The zero-order valence-corrected chi connectivity index (χ0v) is 10.8. The van der Waals surface area contributed by atoms with Gasteiger partial charge < -0.3 is 9.84 Å². The molecular weight excluding hydrogens is 244 g/mol. The van der Waals surface area contributed by atoms with Crippen LogP contribution in [0.25, 0.3) is 0 Å². The van der Waals surface area contributed by atoms with Crippen LogP contribution in [0.3, 0.4) is 0 Å². The molecule has 0 bridgehead atoms. The third kappa shape index (κ3) is 1.75. The highest BCUT2D eigenvalue weighted by molar-refractivity contribution is 6.47. The van der Waals surface area contributed by atoms with Crippen LogP contribution >= 0.6 is 11.6 Å². The maximum atomic E-state index is 12.2. The van der Waals surface area contributed by atoms with Gasteiger partial charge in [-0.1, -0.05) is 11.6 Å². The number of ketones is 2. The monoisotopic (exact) mass is 258 g/mol. The molecule has 2 aliphatic rings. The molecule has 1 saturated heterocycles. The molecule has 1 N–H and O–H groups in total. The summed E-state index contributed by atoms with van der Waals surface area (Å²) in [5.41, 5.74) is -1.82. The zero-order chi connectivity index (χ0) is 13.0. The van der Waals surface area contributed by atoms with E-state index in [1.807, 2.05) is 0 Å². The fraction of sp³-hybridized carbons (Fsp3) is 0.667. The van der Waals surface area contributed by atoms with Crippen molar-refractivity contribution < 1.29 is 19.4 Å². The molecule has 1 aliphatic carbocycles. The van der Waals surface area contributed by atoms with Gasteiger partial charge in [0.2, 0.25) is 5.78 Å². The Labute approximate surface area is 105 Å². The van der Waals surface area contributed by atoms with Crippen LogP contribution in [0.15, 0.2) is 10.6 Å². The molecule has 1 fully saturated rings. The molecule has 0 saturated carbocycles. The molecule has 17 heavy (non-hydrogen) atoms. The number of hydrogen-bond acceptors (Lipinski definition) is 4. The van der Waals surface area contributed by atoms with E-state index in [1.54, 1.807) is 13.8 Å². The highest BCUT2D eigenvalue weighted by Gasteiger charge is 2.58. The first-order valence-electron chi connectivity index (χ1n) is 5.52. The van der Waals surface area contributed by atoms with Crippen molar-refractivity contribution in [3.8, 4) is 0 Å². The van der Waals surface area contributed by atoms with E-state index in [9.17, 15) is 14.7 Å². The number of Topliss-reactive ketones (excluding diaryl/α,β-unsaturated/α-hetero) is 2. The van der Waals surface area contributed by atoms with Crippen LogP contribution in [0.4, 0.5) is 0 Å². The van der Waals surface area contributed by atoms with Gasteiger partial charge in [0.15, 0.2) is 5.78 Å². The van der Waals surface area contributed by atoms with Crippen LogP contribution in [-0.2, 0) is 14.3 Å². The standard InChI is InChI=1S/C12H15ClO4/c1-6-7(14)4-12(10(16)9(6)13)5-8(15)11(2,3)17-12/h8,15H,4-5H2,1-3H3/t8-,12+/m1/s1. The Morgan fingerprint density at radius 1 is 1.41 bits per heavy atom. The van der Waals surface area contributed by atoms with E-state index >= 15 is 0 Å². The molecule has 4 nitrogen and oxygen atoms in total. The molecule has 1 heterocycles. The highest BCUT2D eigenvalue weighted by Crippen LogP contribution is 2.45. The average molecular weight is 259 g/mol. The molecule has 5 heteroatoms. The van der Waals surface area contributed by atoms with Crippen molar-refractivity contribution in [2.45, 2.75) is 50.9 Å². The quantitative estimate of drug-likeness (QED) is 0.712. The summed E-state index contributed by atoms with van der Waals surface area (Å²) in [4.78, 5) is 23.9. The van der Waals surface area contributed by atoms with Crippen LogP contribution in [0, 0.1) is 0 Å². The number of hydrogen-bond donors (Lipinski definition) is 1. The second kappa shape index (κ2) is 3.64. The summed E-state index contributed by atoms with van der Waals surface area (Å²) in [6, 6.07) is 0. The molecule has 1 aliphatic heterocycles. The first-order valence-corrected chi connectivity index (χ1v) is 5.90. The Kier molecular flexibility index (Phi) is 2.73. The Bertz CT molecular complexity index is 438. The van der Waals surface area contributed by atoms with Crippen molar-refractivity contribution in [1.82, 2.24) is 0 Å². The van der Waals surface area contributed by atoms with Crippen molar-refractivity contribution >= 4 is 23.2 Å². The van der Waals surface area contributed by atoms with E-state index in [0.717, 1.165) is 0 Å². The largest absolute Gasteiger partial charge is 0.390 e. The van der Waals surface area contributed by atoms with Crippen molar-refractivity contribution in [1.29, 1.82) is 0 Å². The minimum atomic E-state index is -1.27. The van der Waals surface area contributed by atoms with Gasteiger partial charge in [0, 0.05) is 18.4 Å². The summed E-state index contributed by atoms with van der Waals surface area (Å²) in [6.07, 6.45) is -0.690. The predicted molar refractivity (Wildman–Crippen MR) is 61.7 cm³/mol. The van der Waals surface area contributed by atoms with Gasteiger partial charge in [0.05, 0.1) is 16.7 Å². The Hall–Kier alpha value is -0.710. The molecule has 1 spiro atoms. The number of carbonyl (C=O) groups is 2. The predicted octanol–water partition coefficient (Wildman–Crippen LogP) is 1.34. The minimum Gasteiger partial charge on any atom is -0.390 e. The molecule has 0 unspecified atom stereocenters. The van der Waals surface area contributed by atoms with Crippen molar-refractivity contribution in [2.75, 3.05) is 0 Å². The topological polar surface area (TPSA) is 63.6 Å². The second-order valence-corrected chi connectivity index (χ2v) is 5.67. The van der Waals surface area contributed by atoms with Gasteiger partial charge in [0.25, 0.3) is 0 Å². The number of ether oxygens (including phenoxy) is 1. The molecule has 2 atom stereocenters. The van der Waals surface area contributed by atoms with Gasteiger partial charge in [-0.15, -0.1) is 0 Å². The number of rotatable bonds is 0. The number of carbonyl (C=O) groups excluding carboxylic acids is 2. The van der Waals surface area contributed by atoms with E-state index in [4.69, 9.17) is 16.3 Å². The molecule has 0 aromatic heterocycles. The number of aliphatic hydroxyl groups excluding tert-OH is 1. The van der Waals surface area contributed by atoms with Crippen LogP contribution in [-0.4, -0.2) is 34.0 Å². The molecule has 2 rings (SSSR count). The van der Waals surface area contributed by atoms with E-state index in [0.29, 0.717) is 0 Å². The Morgan fingerprint density at radius 2 is 2.00 bits per heavy atom. The van der Waals surface area contributed by atoms with Crippen LogP contribution in [0.2, 0.25) is 0 Å². The molecule has 0 aromatic carbocycles. The Balaban J connectivity index is 2.43. The smallest absolute Gasteiger partial charge is 0.206 e. The lowest BCUT2D eigenvalue weighted by Gasteiger charge is -2.32. The van der Waals surface area contributed by atoms with Gasteiger partial charge in [-0.2, -0.15) is 0 Å². The van der Waals surface area contributed by atoms with E-state index < -0.39 is 17.3 Å². The lowest BCUT2D eigenvalue weighted by Crippen LogP contribution is -2.46. The fourth-order valence-corrected chi connectivity index (χ4v) is 2.66. The van der Waals surface area contributed by atoms with Crippen LogP contribution in [0.1, 0.15) is 33.6 Å². The van der Waals surface area contributed by atoms with Crippen molar-refractivity contribution in [3.05, 3.63) is 10.6 Å². The van der Waals surface area contributed by atoms with E-state index in [-0.39, 0.29) is 35.0 Å². The summed E-state index contributed by atoms with van der Waals surface area (Å²) in [6.45, 7) is 4.93. The fourth-order valence-electron chi connectivity index (χ4n) is 2.38. The normalized spacial score (nSPS) is 37.1. The number of halogens is 1. The van der Waals surface area contributed by atoms with E-state index in [1.165, 1.54) is 6.92 Å². The SMILES string of the molecule is CC1=C(Cl)C(=O)[C@]2(CC1=O)C[C@@H](O)C(C)(C)O2. The molecule has 0 amide bonds. The highest BCUT2D eigenvalue weighted by atomic mass is 35.5. The average Bonchev–Trinajstić information content (AvgIpc) is 2.45. The van der Waals surface area contributed by atoms with Gasteiger partial charge in [-0.3, -0.25) is 9.59 Å². The minimum absolute atomic E-state index is 0.0334. The van der Waals surface area contributed by atoms with Crippen molar-refractivity contribution in [3.63, 3.8) is 0 Å². The second-order valence-electron chi connectivity index (χ2n) is 5.29. The van der Waals surface area contributed by atoms with Crippen molar-refractivity contribution in [2.24, 2.45) is 0 Å². The van der Waals surface area contributed by atoms with Gasteiger partial charge in [-0.05, 0) is 20.8 Å². The summed E-state index contributed by atoms with van der Waals surface area (Å²) in [7, 11) is 0. The third-order valence-corrected chi connectivity index (χ3v) is 4.05. The first-order chi connectivity index (χ1) is 7.69. The molecule has 94 valence electrons. The zero-order valence-electron chi connectivity index (χ0n) is 10.0. The van der Waals surface area contributed by atoms with Gasteiger partial charge >= 0.3 is 0 Å². The number of aliphatic hydroxyl groups is 1. The summed E-state index contributed by atoms with van der Waals surface area (Å²) < 4.78 is 5.65. The molecule has 0 radical (unpaired) electrons. The van der Waals surface area contributed by atoms with Crippen LogP contribution < -0.4 is 0 Å². The molecular formula is C12H15ClO4. The molecule has 0 aromatic rings. The van der Waals surface area contributed by atoms with E-state index in [2.05, 4.69) is 0 Å². The lowest BCUT2D eigenvalue weighted by atomic mass is 9.81. The summed E-state index contributed by atoms with van der Waals surface area (Å²) >= 11 is 5.87. The third-order valence-electron chi connectivity index (χ3n) is 3.59. The summed E-state index contributed by atoms with van der Waals surface area (Å²) in [5.74, 6) is -0.583. The number of allylic oxidation sites excluding steroid dienone is 1. The maximum Gasteiger partial charge on any atom is 0.206 e. The van der Waals surface area contributed by atoms with Crippen LogP contribution in [0.5, 0.6) is 0 Å².